The fourth-order valence-electron chi connectivity index (χ4n) is 2.00. The van der Waals surface area contributed by atoms with Gasteiger partial charge in [0.1, 0.15) is 5.75 Å². The van der Waals surface area contributed by atoms with Crippen LogP contribution in [0.5, 0.6) is 5.75 Å². The molecule has 1 aliphatic heterocycles. The molecule has 14 heavy (non-hydrogen) atoms. The van der Waals surface area contributed by atoms with E-state index in [9.17, 15) is 10.2 Å². The van der Waals surface area contributed by atoms with Crippen LogP contribution in [0.25, 0.3) is 0 Å². The minimum atomic E-state index is -0.302. The van der Waals surface area contributed by atoms with E-state index < -0.39 is 0 Å². The van der Waals surface area contributed by atoms with Crippen LogP contribution in [0.4, 0.5) is 5.69 Å². The van der Waals surface area contributed by atoms with Crippen molar-refractivity contribution in [1.29, 1.82) is 0 Å². The molecule has 1 aromatic rings. The molecule has 0 aromatic heterocycles. The zero-order valence-electron chi connectivity index (χ0n) is 8.20. The van der Waals surface area contributed by atoms with Gasteiger partial charge in [-0.3, -0.25) is 0 Å². The molecular weight excluding hydrogens is 178 g/mol. The topological polar surface area (TPSA) is 52.5 Å². The van der Waals surface area contributed by atoms with E-state index in [1.807, 2.05) is 12.1 Å². The summed E-state index contributed by atoms with van der Waals surface area (Å²) < 4.78 is 0. The Bertz CT molecular complexity index is 336. The van der Waals surface area contributed by atoms with E-state index in [1.54, 1.807) is 13.0 Å². The Kier molecular flexibility index (Phi) is 2.33. The highest BCUT2D eigenvalue weighted by atomic mass is 16.3. The third-order valence-electron chi connectivity index (χ3n) is 2.59. The molecule has 1 aliphatic rings. The third kappa shape index (κ3) is 1.68. The van der Waals surface area contributed by atoms with Crippen molar-refractivity contribution in [2.24, 2.45) is 0 Å². The molecule has 0 spiro atoms. The first-order valence-corrected chi connectivity index (χ1v) is 4.92. The molecule has 0 saturated heterocycles. The summed E-state index contributed by atoms with van der Waals surface area (Å²) in [5.74, 6) is 0.350. The van der Waals surface area contributed by atoms with E-state index in [2.05, 4.69) is 5.32 Å². The maximum absolute atomic E-state index is 9.58. The van der Waals surface area contributed by atoms with Crippen LogP contribution in [0.1, 0.15) is 18.9 Å². The van der Waals surface area contributed by atoms with Gasteiger partial charge in [-0.2, -0.15) is 0 Å². The molecule has 0 aliphatic carbocycles. The summed E-state index contributed by atoms with van der Waals surface area (Å²) in [5, 5.41) is 22.1. The van der Waals surface area contributed by atoms with Crippen LogP contribution in [0.15, 0.2) is 18.2 Å². The van der Waals surface area contributed by atoms with Crippen molar-refractivity contribution < 1.29 is 10.2 Å². The number of phenolic OH excluding ortho intramolecular Hbond substituents is 1. The first kappa shape index (κ1) is 9.34. The minimum absolute atomic E-state index is 0.248. The molecule has 0 saturated carbocycles. The van der Waals surface area contributed by atoms with Gasteiger partial charge in [-0.1, -0.05) is 6.07 Å². The molecule has 0 bridgehead atoms. The fraction of sp³-hybridized carbons (Fsp3) is 0.455. The summed E-state index contributed by atoms with van der Waals surface area (Å²) in [6, 6.07) is 5.73. The Morgan fingerprint density at radius 2 is 2.36 bits per heavy atom. The summed E-state index contributed by atoms with van der Waals surface area (Å²) in [7, 11) is 0. The van der Waals surface area contributed by atoms with Crippen molar-refractivity contribution in [2.45, 2.75) is 31.9 Å². The minimum Gasteiger partial charge on any atom is -0.508 e. The van der Waals surface area contributed by atoms with Crippen molar-refractivity contribution >= 4 is 5.69 Å². The maximum Gasteiger partial charge on any atom is 0.120 e. The number of aliphatic hydroxyl groups excluding tert-OH is 1. The molecule has 0 radical (unpaired) electrons. The van der Waals surface area contributed by atoms with Gasteiger partial charge < -0.3 is 15.5 Å². The zero-order valence-corrected chi connectivity index (χ0v) is 8.20. The molecule has 3 heteroatoms. The highest BCUT2D eigenvalue weighted by Crippen LogP contribution is 2.33. The van der Waals surface area contributed by atoms with Crippen molar-refractivity contribution in [3.8, 4) is 5.75 Å². The van der Waals surface area contributed by atoms with E-state index >= 15 is 0 Å². The normalized spacial score (nSPS) is 21.4. The molecule has 0 fully saturated rings. The summed E-state index contributed by atoms with van der Waals surface area (Å²) in [4.78, 5) is 0. The summed E-state index contributed by atoms with van der Waals surface area (Å²) in [5.41, 5.74) is 1.97. The lowest BCUT2D eigenvalue weighted by Gasteiger charge is -2.12. The number of aliphatic hydroxyl groups is 1. The van der Waals surface area contributed by atoms with Crippen LogP contribution < -0.4 is 5.32 Å². The molecule has 0 amide bonds. The van der Waals surface area contributed by atoms with Gasteiger partial charge in [-0.25, -0.2) is 0 Å². The fourth-order valence-corrected chi connectivity index (χ4v) is 2.00. The number of hydrogen-bond donors (Lipinski definition) is 3. The predicted molar refractivity (Wildman–Crippen MR) is 55.5 cm³/mol. The SMILES string of the molecule is CC(O)CC1Cc2c(O)cccc2N1. The second kappa shape index (κ2) is 3.50. The Morgan fingerprint density at radius 3 is 3.00 bits per heavy atom. The van der Waals surface area contributed by atoms with Crippen molar-refractivity contribution in [3.05, 3.63) is 23.8 Å². The van der Waals surface area contributed by atoms with Crippen LogP contribution in [0, 0.1) is 0 Å². The second-order valence-electron chi connectivity index (χ2n) is 3.93. The first-order valence-electron chi connectivity index (χ1n) is 4.92. The van der Waals surface area contributed by atoms with E-state index in [0.717, 1.165) is 17.7 Å². The van der Waals surface area contributed by atoms with Crippen molar-refractivity contribution in [2.75, 3.05) is 5.32 Å². The standard InChI is InChI=1S/C11H15NO2/c1-7(13)5-8-6-9-10(12-8)3-2-4-11(9)14/h2-4,7-8,12-14H,5-6H2,1H3. The lowest BCUT2D eigenvalue weighted by molar-refractivity contribution is 0.178. The molecule has 1 aromatic carbocycles. The average Bonchev–Trinajstić information content (AvgIpc) is 2.47. The maximum atomic E-state index is 9.58. The van der Waals surface area contributed by atoms with Gasteiger partial charge in [-0.05, 0) is 31.9 Å². The largest absolute Gasteiger partial charge is 0.508 e. The molecule has 3 N–H and O–H groups in total. The molecular formula is C11H15NO2. The highest BCUT2D eigenvalue weighted by molar-refractivity contribution is 5.61. The number of hydrogen-bond acceptors (Lipinski definition) is 3. The van der Waals surface area contributed by atoms with Crippen molar-refractivity contribution in [3.63, 3.8) is 0 Å². The van der Waals surface area contributed by atoms with Gasteiger partial charge in [-0.15, -0.1) is 0 Å². The molecule has 76 valence electrons. The van der Waals surface area contributed by atoms with Gasteiger partial charge >= 0.3 is 0 Å². The third-order valence-corrected chi connectivity index (χ3v) is 2.59. The lowest BCUT2D eigenvalue weighted by atomic mass is 10.0. The summed E-state index contributed by atoms with van der Waals surface area (Å²) >= 11 is 0. The first-order chi connectivity index (χ1) is 6.66. The number of rotatable bonds is 2. The van der Waals surface area contributed by atoms with Crippen LogP contribution in [-0.2, 0) is 6.42 Å². The summed E-state index contributed by atoms with van der Waals surface area (Å²) in [6.07, 6.45) is 1.21. The Labute approximate surface area is 83.4 Å². The smallest absolute Gasteiger partial charge is 0.120 e. The molecule has 2 atom stereocenters. The molecule has 2 rings (SSSR count). The van der Waals surface area contributed by atoms with E-state index in [4.69, 9.17) is 0 Å². The molecule has 1 heterocycles. The number of anilines is 1. The number of nitrogens with one attached hydrogen (secondary N) is 1. The Balaban J connectivity index is 2.14. The number of fused-ring (bicyclic) bond motifs is 1. The Hall–Kier alpha value is -1.22. The highest BCUT2D eigenvalue weighted by Gasteiger charge is 2.23. The van der Waals surface area contributed by atoms with Gasteiger partial charge in [0.05, 0.1) is 6.10 Å². The van der Waals surface area contributed by atoms with Crippen molar-refractivity contribution in [1.82, 2.24) is 0 Å². The molecule has 2 unspecified atom stereocenters. The van der Waals surface area contributed by atoms with Crippen LogP contribution in [0.3, 0.4) is 0 Å². The Morgan fingerprint density at radius 1 is 1.57 bits per heavy atom. The number of aromatic hydroxyl groups is 1. The zero-order chi connectivity index (χ0) is 10.1. The van der Waals surface area contributed by atoms with E-state index in [0.29, 0.717) is 12.2 Å². The average molecular weight is 193 g/mol. The van der Waals surface area contributed by atoms with Gasteiger partial charge in [0.25, 0.3) is 0 Å². The van der Waals surface area contributed by atoms with E-state index in [-0.39, 0.29) is 12.1 Å². The monoisotopic (exact) mass is 193 g/mol. The van der Waals surface area contributed by atoms with Gasteiger partial charge in [0.15, 0.2) is 0 Å². The second-order valence-corrected chi connectivity index (χ2v) is 3.93. The quantitative estimate of drug-likeness (QED) is 0.667. The predicted octanol–water partition coefficient (Wildman–Crippen LogP) is 1.50. The molecule has 3 nitrogen and oxygen atoms in total. The van der Waals surface area contributed by atoms with Crippen LogP contribution in [0.2, 0.25) is 0 Å². The van der Waals surface area contributed by atoms with Crippen LogP contribution >= 0.6 is 0 Å². The van der Waals surface area contributed by atoms with Gasteiger partial charge in [0, 0.05) is 17.3 Å². The van der Waals surface area contributed by atoms with Crippen LogP contribution in [-0.4, -0.2) is 22.4 Å². The summed E-state index contributed by atoms with van der Waals surface area (Å²) in [6.45, 7) is 1.78. The number of benzene rings is 1. The lowest BCUT2D eigenvalue weighted by Crippen LogP contribution is -2.20. The van der Waals surface area contributed by atoms with E-state index in [1.165, 1.54) is 0 Å². The van der Waals surface area contributed by atoms with Gasteiger partial charge in [0.2, 0.25) is 0 Å². The number of phenols is 1.